The quantitative estimate of drug-likeness (QED) is 0.844. The van der Waals surface area contributed by atoms with Crippen LogP contribution in [-0.4, -0.2) is 22.9 Å². The number of anilines is 1. The number of aromatic carboxylic acids is 1. The lowest BCUT2D eigenvalue weighted by Gasteiger charge is -2.28. The van der Waals surface area contributed by atoms with Gasteiger partial charge >= 0.3 is 5.97 Å². The van der Waals surface area contributed by atoms with Crippen molar-refractivity contribution in [3.63, 3.8) is 0 Å². The van der Waals surface area contributed by atoms with Crippen molar-refractivity contribution in [2.75, 3.05) is 4.90 Å². The molecule has 0 aliphatic carbocycles. The molecule has 6 heteroatoms. The highest BCUT2D eigenvalue weighted by atomic mass is 35.5. The molecule has 0 saturated carbocycles. The Hall–Kier alpha value is -1.88. The number of rotatable bonds is 2. The van der Waals surface area contributed by atoms with Gasteiger partial charge in [-0.2, -0.15) is 0 Å². The smallest absolute Gasteiger partial charge is 0.337 e. The predicted octanol–water partition coefficient (Wildman–Crippen LogP) is 2.33. The van der Waals surface area contributed by atoms with Gasteiger partial charge in [0.2, 0.25) is 11.8 Å². The van der Waals surface area contributed by atoms with Gasteiger partial charge in [0.1, 0.15) is 0 Å². The van der Waals surface area contributed by atoms with Crippen molar-refractivity contribution in [2.45, 2.75) is 19.8 Å². The van der Waals surface area contributed by atoms with Crippen LogP contribution in [0.1, 0.15) is 30.1 Å². The van der Waals surface area contributed by atoms with E-state index in [4.69, 9.17) is 16.7 Å². The SMILES string of the molecule is CC1CC(=O)N(c2ccc(Cl)c(C(=O)O)c2)C(=O)C1. The monoisotopic (exact) mass is 281 g/mol. The summed E-state index contributed by atoms with van der Waals surface area (Å²) in [6.45, 7) is 1.83. The average Bonchev–Trinajstić information content (AvgIpc) is 2.29. The molecule has 1 saturated heterocycles. The van der Waals surface area contributed by atoms with Crippen molar-refractivity contribution in [2.24, 2.45) is 5.92 Å². The molecule has 1 aromatic carbocycles. The lowest BCUT2D eigenvalue weighted by Crippen LogP contribution is -2.42. The van der Waals surface area contributed by atoms with Gasteiger partial charge in [-0.1, -0.05) is 18.5 Å². The van der Waals surface area contributed by atoms with Gasteiger partial charge in [0.25, 0.3) is 0 Å². The molecule has 0 radical (unpaired) electrons. The van der Waals surface area contributed by atoms with E-state index in [1.54, 1.807) is 0 Å². The summed E-state index contributed by atoms with van der Waals surface area (Å²) in [4.78, 5) is 35.8. The number of benzene rings is 1. The van der Waals surface area contributed by atoms with Gasteiger partial charge in [0, 0.05) is 12.8 Å². The van der Waals surface area contributed by atoms with Gasteiger partial charge in [-0.05, 0) is 24.1 Å². The number of carbonyl (C=O) groups excluding carboxylic acids is 2. The Kier molecular flexibility index (Phi) is 3.57. The summed E-state index contributed by atoms with van der Waals surface area (Å²) in [6, 6.07) is 4.09. The maximum Gasteiger partial charge on any atom is 0.337 e. The van der Waals surface area contributed by atoms with Gasteiger partial charge in [-0.3, -0.25) is 14.5 Å². The molecule has 1 fully saturated rings. The fraction of sp³-hybridized carbons (Fsp3) is 0.308. The standard InChI is InChI=1S/C13H12ClNO4/c1-7-4-11(16)15(12(17)5-7)8-2-3-10(14)9(6-8)13(18)19/h2-3,6-7H,4-5H2,1H3,(H,18,19). The highest BCUT2D eigenvalue weighted by Gasteiger charge is 2.31. The minimum Gasteiger partial charge on any atom is -0.478 e. The number of amides is 2. The number of carboxylic acids is 1. The fourth-order valence-corrected chi connectivity index (χ4v) is 2.29. The Morgan fingerprint density at radius 3 is 2.42 bits per heavy atom. The summed E-state index contributed by atoms with van der Waals surface area (Å²) in [5, 5.41) is 9.06. The molecule has 0 aromatic heterocycles. The highest BCUT2D eigenvalue weighted by Crippen LogP contribution is 2.28. The number of carboxylic acid groups (broad SMARTS) is 1. The second kappa shape index (κ2) is 5.01. The second-order valence-electron chi connectivity index (χ2n) is 4.61. The molecule has 0 atom stereocenters. The largest absolute Gasteiger partial charge is 0.478 e. The van der Waals surface area contributed by atoms with E-state index in [0.29, 0.717) is 0 Å². The number of piperidine rings is 1. The summed E-state index contributed by atoms with van der Waals surface area (Å²) in [6.07, 6.45) is 0.549. The summed E-state index contributed by atoms with van der Waals surface area (Å²) in [5.74, 6) is -1.82. The van der Waals surface area contributed by atoms with Crippen molar-refractivity contribution in [3.8, 4) is 0 Å². The number of hydrogen-bond donors (Lipinski definition) is 1. The highest BCUT2D eigenvalue weighted by molar-refractivity contribution is 6.33. The van der Waals surface area contributed by atoms with Gasteiger partial charge in [0.05, 0.1) is 16.3 Å². The van der Waals surface area contributed by atoms with Crippen molar-refractivity contribution in [3.05, 3.63) is 28.8 Å². The van der Waals surface area contributed by atoms with Crippen LogP contribution in [0, 0.1) is 5.92 Å². The zero-order valence-electron chi connectivity index (χ0n) is 10.2. The Bertz CT molecular complexity index is 552. The minimum atomic E-state index is -1.20. The third kappa shape index (κ3) is 2.61. The molecule has 1 aliphatic heterocycles. The Morgan fingerprint density at radius 1 is 1.32 bits per heavy atom. The first kappa shape index (κ1) is 13.5. The van der Waals surface area contributed by atoms with E-state index in [0.717, 1.165) is 4.90 Å². The van der Waals surface area contributed by atoms with E-state index >= 15 is 0 Å². The van der Waals surface area contributed by atoms with Crippen LogP contribution in [-0.2, 0) is 9.59 Å². The third-order valence-electron chi connectivity index (χ3n) is 2.98. The van der Waals surface area contributed by atoms with Crippen LogP contribution in [0.2, 0.25) is 5.02 Å². The molecule has 1 heterocycles. The minimum absolute atomic E-state index is 0.0162. The Balaban J connectivity index is 2.41. The van der Waals surface area contributed by atoms with Crippen molar-refractivity contribution < 1.29 is 19.5 Å². The Morgan fingerprint density at radius 2 is 1.89 bits per heavy atom. The number of hydrogen-bond acceptors (Lipinski definition) is 3. The lowest BCUT2D eigenvalue weighted by molar-refractivity contribution is -0.130. The van der Waals surface area contributed by atoms with Gasteiger partial charge in [-0.15, -0.1) is 0 Å². The first-order valence-corrected chi connectivity index (χ1v) is 6.16. The maximum absolute atomic E-state index is 11.9. The molecule has 2 rings (SSSR count). The maximum atomic E-state index is 11.9. The number of imide groups is 1. The molecule has 2 amide bonds. The van der Waals surface area contributed by atoms with Crippen LogP contribution >= 0.6 is 11.6 Å². The van der Waals surface area contributed by atoms with Crippen LogP contribution < -0.4 is 4.90 Å². The molecule has 5 nitrogen and oxygen atoms in total. The van der Waals surface area contributed by atoms with E-state index in [-0.39, 0.29) is 46.8 Å². The topological polar surface area (TPSA) is 74.7 Å². The molecular formula is C13H12ClNO4. The van der Waals surface area contributed by atoms with Crippen LogP contribution in [0.5, 0.6) is 0 Å². The molecule has 1 aliphatic rings. The number of nitrogens with zero attached hydrogens (tertiary/aromatic N) is 1. The zero-order valence-corrected chi connectivity index (χ0v) is 11.0. The van der Waals surface area contributed by atoms with E-state index in [1.165, 1.54) is 18.2 Å². The average molecular weight is 282 g/mol. The molecular weight excluding hydrogens is 270 g/mol. The summed E-state index contributed by atoms with van der Waals surface area (Å²) in [5.41, 5.74) is 0.127. The first-order valence-electron chi connectivity index (χ1n) is 5.78. The second-order valence-corrected chi connectivity index (χ2v) is 5.01. The molecule has 0 unspecified atom stereocenters. The lowest BCUT2D eigenvalue weighted by atomic mass is 9.97. The van der Waals surface area contributed by atoms with E-state index in [2.05, 4.69) is 0 Å². The van der Waals surface area contributed by atoms with Crippen LogP contribution in [0.4, 0.5) is 5.69 Å². The van der Waals surface area contributed by atoms with Crippen LogP contribution in [0.15, 0.2) is 18.2 Å². The van der Waals surface area contributed by atoms with Gasteiger partial charge < -0.3 is 5.11 Å². The Labute approximate surface area is 114 Å². The van der Waals surface area contributed by atoms with Crippen molar-refractivity contribution in [1.82, 2.24) is 0 Å². The van der Waals surface area contributed by atoms with E-state index in [9.17, 15) is 14.4 Å². The first-order chi connectivity index (χ1) is 8.90. The third-order valence-corrected chi connectivity index (χ3v) is 3.31. The summed E-state index contributed by atoms with van der Waals surface area (Å²) in [7, 11) is 0. The van der Waals surface area contributed by atoms with Crippen LogP contribution in [0.25, 0.3) is 0 Å². The molecule has 1 aromatic rings. The molecule has 0 bridgehead atoms. The zero-order chi connectivity index (χ0) is 14.2. The summed E-state index contributed by atoms with van der Waals surface area (Å²) < 4.78 is 0. The molecule has 100 valence electrons. The predicted molar refractivity (Wildman–Crippen MR) is 69.3 cm³/mol. The van der Waals surface area contributed by atoms with Crippen molar-refractivity contribution in [1.29, 1.82) is 0 Å². The normalized spacial score (nSPS) is 16.8. The fourth-order valence-electron chi connectivity index (χ4n) is 2.09. The van der Waals surface area contributed by atoms with Gasteiger partial charge in [-0.25, -0.2) is 4.79 Å². The van der Waals surface area contributed by atoms with E-state index in [1.807, 2.05) is 6.92 Å². The number of carbonyl (C=O) groups is 3. The van der Waals surface area contributed by atoms with E-state index < -0.39 is 5.97 Å². The summed E-state index contributed by atoms with van der Waals surface area (Å²) >= 11 is 5.76. The van der Waals surface area contributed by atoms with Crippen molar-refractivity contribution >= 4 is 35.1 Å². The number of halogens is 1. The molecule has 1 N–H and O–H groups in total. The van der Waals surface area contributed by atoms with Crippen LogP contribution in [0.3, 0.4) is 0 Å². The molecule has 0 spiro atoms. The molecule has 19 heavy (non-hydrogen) atoms. The van der Waals surface area contributed by atoms with Gasteiger partial charge in [0.15, 0.2) is 0 Å².